The molecule has 2 rings (SSSR count). The second-order valence-corrected chi connectivity index (χ2v) is 6.24. The SMILES string of the molecule is CCNC(CSc1ccc(Cl)cc1)Cc1ccccc1. The maximum Gasteiger partial charge on any atom is 0.0406 e. The number of hydrogen-bond acceptors (Lipinski definition) is 2. The van der Waals surface area contributed by atoms with Crippen LogP contribution in [0.5, 0.6) is 0 Å². The topological polar surface area (TPSA) is 12.0 Å². The summed E-state index contributed by atoms with van der Waals surface area (Å²) in [6.07, 6.45) is 1.06. The number of likely N-dealkylation sites (N-methyl/N-ethyl adjacent to an activating group) is 1. The molecule has 0 aliphatic heterocycles. The van der Waals surface area contributed by atoms with Gasteiger partial charge in [-0.1, -0.05) is 48.9 Å². The molecule has 0 saturated heterocycles. The highest BCUT2D eigenvalue weighted by atomic mass is 35.5. The van der Waals surface area contributed by atoms with Gasteiger partial charge in [0.05, 0.1) is 0 Å². The minimum Gasteiger partial charge on any atom is -0.313 e. The Balaban J connectivity index is 1.90. The Kier molecular flexibility index (Phi) is 6.44. The smallest absolute Gasteiger partial charge is 0.0406 e. The third-order valence-electron chi connectivity index (χ3n) is 3.08. The van der Waals surface area contributed by atoms with Crippen molar-refractivity contribution in [2.45, 2.75) is 24.3 Å². The summed E-state index contributed by atoms with van der Waals surface area (Å²) in [6, 6.07) is 19.2. The van der Waals surface area contributed by atoms with Gasteiger partial charge in [0.25, 0.3) is 0 Å². The van der Waals surface area contributed by atoms with Crippen molar-refractivity contribution in [1.82, 2.24) is 5.32 Å². The van der Waals surface area contributed by atoms with Gasteiger partial charge in [-0.2, -0.15) is 0 Å². The molecule has 0 aliphatic rings. The predicted octanol–water partition coefficient (Wildman–Crippen LogP) is 4.65. The molecule has 0 aliphatic carbocycles. The van der Waals surface area contributed by atoms with Crippen molar-refractivity contribution in [3.05, 3.63) is 65.2 Å². The molecule has 1 nitrogen and oxygen atoms in total. The molecule has 20 heavy (non-hydrogen) atoms. The van der Waals surface area contributed by atoms with E-state index in [0.717, 1.165) is 23.7 Å². The highest BCUT2D eigenvalue weighted by Gasteiger charge is 2.09. The van der Waals surface area contributed by atoms with Gasteiger partial charge in [0.2, 0.25) is 0 Å². The zero-order valence-corrected chi connectivity index (χ0v) is 13.3. The second kappa shape index (κ2) is 8.35. The van der Waals surface area contributed by atoms with Crippen molar-refractivity contribution in [2.75, 3.05) is 12.3 Å². The lowest BCUT2D eigenvalue weighted by Crippen LogP contribution is -2.33. The molecule has 2 aromatic rings. The van der Waals surface area contributed by atoms with Crippen LogP contribution in [0.2, 0.25) is 5.02 Å². The largest absolute Gasteiger partial charge is 0.313 e. The lowest BCUT2D eigenvalue weighted by atomic mass is 10.1. The van der Waals surface area contributed by atoms with Crippen LogP contribution < -0.4 is 5.32 Å². The van der Waals surface area contributed by atoms with Crippen molar-refractivity contribution < 1.29 is 0 Å². The van der Waals surface area contributed by atoms with E-state index < -0.39 is 0 Å². The molecular formula is C17H20ClNS. The number of hydrogen-bond donors (Lipinski definition) is 1. The average Bonchev–Trinajstić information content (AvgIpc) is 2.48. The first-order valence-corrected chi connectivity index (χ1v) is 8.30. The van der Waals surface area contributed by atoms with Crippen LogP contribution in [0.25, 0.3) is 0 Å². The molecule has 106 valence electrons. The number of benzene rings is 2. The molecule has 1 atom stereocenters. The van der Waals surface area contributed by atoms with Crippen molar-refractivity contribution >= 4 is 23.4 Å². The fourth-order valence-corrected chi connectivity index (χ4v) is 3.19. The normalized spacial score (nSPS) is 12.3. The molecule has 0 aromatic heterocycles. The third-order valence-corrected chi connectivity index (χ3v) is 4.51. The van der Waals surface area contributed by atoms with Crippen LogP contribution >= 0.6 is 23.4 Å². The monoisotopic (exact) mass is 305 g/mol. The minimum absolute atomic E-state index is 0.489. The van der Waals surface area contributed by atoms with E-state index in [1.54, 1.807) is 0 Å². The Hall–Kier alpha value is -0.960. The molecule has 0 saturated carbocycles. The molecule has 0 amide bonds. The molecule has 3 heteroatoms. The van der Waals surface area contributed by atoms with E-state index in [-0.39, 0.29) is 0 Å². The number of halogens is 1. The Morgan fingerprint density at radius 1 is 1.05 bits per heavy atom. The maximum atomic E-state index is 5.91. The molecule has 2 aromatic carbocycles. The van der Waals surface area contributed by atoms with E-state index >= 15 is 0 Å². The molecule has 1 unspecified atom stereocenters. The average molecular weight is 306 g/mol. The van der Waals surface area contributed by atoms with Gasteiger partial charge in [0.1, 0.15) is 0 Å². The highest BCUT2D eigenvalue weighted by molar-refractivity contribution is 7.99. The van der Waals surface area contributed by atoms with Crippen molar-refractivity contribution in [3.8, 4) is 0 Å². The van der Waals surface area contributed by atoms with Gasteiger partial charge in [0, 0.05) is 21.7 Å². The van der Waals surface area contributed by atoms with Crippen LogP contribution in [0.3, 0.4) is 0 Å². The van der Waals surface area contributed by atoms with Crippen LogP contribution in [0.4, 0.5) is 0 Å². The first-order valence-electron chi connectivity index (χ1n) is 6.93. The first-order chi connectivity index (χ1) is 9.78. The third kappa shape index (κ3) is 5.20. The summed E-state index contributed by atoms with van der Waals surface area (Å²) in [4.78, 5) is 1.27. The van der Waals surface area contributed by atoms with Gasteiger partial charge in [0.15, 0.2) is 0 Å². The number of rotatable bonds is 7. The molecule has 0 spiro atoms. The Labute approximate surface area is 130 Å². The zero-order chi connectivity index (χ0) is 14.2. The number of nitrogens with one attached hydrogen (secondary N) is 1. The van der Waals surface area contributed by atoms with E-state index in [1.807, 2.05) is 23.9 Å². The molecule has 0 bridgehead atoms. The van der Waals surface area contributed by atoms with Crippen LogP contribution in [-0.4, -0.2) is 18.3 Å². The summed E-state index contributed by atoms with van der Waals surface area (Å²) in [5.74, 6) is 1.06. The van der Waals surface area contributed by atoms with Crippen LogP contribution in [0.1, 0.15) is 12.5 Å². The van der Waals surface area contributed by atoms with E-state index in [0.29, 0.717) is 6.04 Å². The standard InChI is InChI=1S/C17H20ClNS/c1-2-19-16(12-14-6-4-3-5-7-14)13-20-17-10-8-15(18)9-11-17/h3-11,16,19H,2,12-13H2,1H3. The van der Waals surface area contributed by atoms with Crippen LogP contribution in [-0.2, 0) is 6.42 Å². The van der Waals surface area contributed by atoms with Gasteiger partial charge in [-0.05, 0) is 42.8 Å². The minimum atomic E-state index is 0.489. The Morgan fingerprint density at radius 2 is 1.75 bits per heavy atom. The van der Waals surface area contributed by atoms with Gasteiger partial charge in [-0.15, -0.1) is 11.8 Å². The summed E-state index contributed by atoms with van der Waals surface area (Å²) in [5, 5.41) is 4.36. The van der Waals surface area contributed by atoms with E-state index in [9.17, 15) is 0 Å². The van der Waals surface area contributed by atoms with Crippen LogP contribution in [0, 0.1) is 0 Å². The Morgan fingerprint density at radius 3 is 2.40 bits per heavy atom. The summed E-state index contributed by atoms with van der Waals surface area (Å²) in [7, 11) is 0. The van der Waals surface area contributed by atoms with Gasteiger partial charge < -0.3 is 5.32 Å². The molecule has 0 heterocycles. The van der Waals surface area contributed by atoms with Gasteiger partial charge in [-0.25, -0.2) is 0 Å². The second-order valence-electron chi connectivity index (χ2n) is 4.71. The lowest BCUT2D eigenvalue weighted by molar-refractivity contribution is 0.572. The van der Waals surface area contributed by atoms with Crippen molar-refractivity contribution in [1.29, 1.82) is 0 Å². The molecule has 1 N–H and O–H groups in total. The molecule has 0 fully saturated rings. The maximum absolute atomic E-state index is 5.91. The van der Waals surface area contributed by atoms with E-state index in [1.165, 1.54) is 10.5 Å². The summed E-state index contributed by atoms with van der Waals surface area (Å²) in [5.41, 5.74) is 1.38. The predicted molar refractivity (Wildman–Crippen MR) is 89.8 cm³/mol. The summed E-state index contributed by atoms with van der Waals surface area (Å²) in [6.45, 7) is 3.16. The lowest BCUT2D eigenvalue weighted by Gasteiger charge is -2.17. The van der Waals surface area contributed by atoms with E-state index in [2.05, 4.69) is 54.7 Å². The van der Waals surface area contributed by atoms with Gasteiger partial charge in [-0.3, -0.25) is 0 Å². The van der Waals surface area contributed by atoms with E-state index in [4.69, 9.17) is 11.6 Å². The fourth-order valence-electron chi connectivity index (χ4n) is 2.10. The molecular weight excluding hydrogens is 286 g/mol. The molecule has 0 radical (unpaired) electrons. The van der Waals surface area contributed by atoms with Gasteiger partial charge >= 0.3 is 0 Å². The summed E-state index contributed by atoms with van der Waals surface area (Å²) < 4.78 is 0. The van der Waals surface area contributed by atoms with Crippen LogP contribution in [0.15, 0.2) is 59.5 Å². The van der Waals surface area contributed by atoms with Crippen molar-refractivity contribution in [2.24, 2.45) is 0 Å². The summed E-state index contributed by atoms with van der Waals surface area (Å²) >= 11 is 7.79. The quantitative estimate of drug-likeness (QED) is 0.747. The fraction of sp³-hybridized carbons (Fsp3) is 0.294. The first kappa shape index (κ1) is 15.4. The highest BCUT2D eigenvalue weighted by Crippen LogP contribution is 2.21. The van der Waals surface area contributed by atoms with Crippen molar-refractivity contribution in [3.63, 3.8) is 0 Å². The number of thioether (sulfide) groups is 1. The Bertz CT molecular complexity index is 498. The zero-order valence-electron chi connectivity index (χ0n) is 11.7.